The first-order valence-electron chi connectivity index (χ1n) is 8.20. The van der Waals surface area contributed by atoms with Gasteiger partial charge in [-0.05, 0) is 45.7 Å². The van der Waals surface area contributed by atoms with Crippen molar-refractivity contribution >= 4 is 17.7 Å². The van der Waals surface area contributed by atoms with Crippen LogP contribution >= 0.6 is 0 Å². The smallest absolute Gasteiger partial charge is 0.410 e. The monoisotopic (exact) mass is 334 g/mol. The lowest BCUT2D eigenvalue weighted by Crippen LogP contribution is -2.47. The van der Waals surface area contributed by atoms with E-state index in [4.69, 9.17) is 10.5 Å². The van der Waals surface area contributed by atoms with Gasteiger partial charge in [0.05, 0.1) is 6.54 Å². The molecule has 1 amide bonds. The van der Waals surface area contributed by atoms with Crippen molar-refractivity contribution in [3.8, 4) is 0 Å². The van der Waals surface area contributed by atoms with E-state index in [9.17, 15) is 9.59 Å². The Hall–Kier alpha value is -2.15. The number of nitrogens with zero attached hydrogens (tertiary/aromatic N) is 2. The Labute approximate surface area is 142 Å². The first-order valence-corrected chi connectivity index (χ1v) is 8.20. The highest BCUT2D eigenvalue weighted by molar-refractivity contribution is 5.97. The van der Waals surface area contributed by atoms with Crippen molar-refractivity contribution in [2.75, 3.05) is 25.4 Å². The number of ether oxygens (including phenoxy) is 1. The molecular weight excluding hydrogens is 308 g/mol. The molecule has 1 fully saturated rings. The summed E-state index contributed by atoms with van der Waals surface area (Å²) >= 11 is 0. The number of nitrogens with two attached hydrogens (primary N) is 1. The molecule has 0 aromatic carbocycles. The minimum atomic E-state index is -0.480. The van der Waals surface area contributed by atoms with Crippen LogP contribution in [0.25, 0.3) is 0 Å². The number of nitrogens with one attached hydrogen (secondary N) is 1. The van der Waals surface area contributed by atoms with E-state index in [-0.39, 0.29) is 24.5 Å². The van der Waals surface area contributed by atoms with Crippen LogP contribution in [0.4, 0.5) is 10.6 Å². The Morgan fingerprint density at radius 3 is 2.54 bits per heavy atom. The summed E-state index contributed by atoms with van der Waals surface area (Å²) in [6.45, 7) is 7.09. The number of Topliss-reactive ketones (excluding diaryl/α,β-unsaturated/α-hetero) is 1. The summed E-state index contributed by atoms with van der Waals surface area (Å²) in [6, 6.07) is 3.51. The average molecular weight is 334 g/mol. The molecule has 0 radical (unpaired) electrons. The number of rotatable bonds is 4. The predicted octanol–water partition coefficient (Wildman–Crippen LogP) is 1.84. The molecule has 0 aliphatic carbocycles. The van der Waals surface area contributed by atoms with Gasteiger partial charge in [-0.2, -0.15) is 0 Å². The van der Waals surface area contributed by atoms with Crippen LogP contribution < -0.4 is 11.1 Å². The maximum atomic E-state index is 12.1. The van der Waals surface area contributed by atoms with Gasteiger partial charge in [-0.1, -0.05) is 0 Å². The second-order valence-corrected chi connectivity index (χ2v) is 7.02. The van der Waals surface area contributed by atoms with Crippen molar-refractivity contribution < 1.29 is 14.3 Å². The van der Waals surface area contributed by atoms with Crippen LogP contribution in [0, 0.1) is 0 Å². The topological polar surface area (TPSA) is 97.5 Å². The summed E-state index contributed by atoms with van der Waals surface area (Å²) in [6.07, 6.45) is 2.81. The lowest BCUT2D eigenvalue weighted by Gasteiger charge is -2.33. The first-order chi connectivity index (χ1) is 11.2. The van der Waals surface area contributed by atoms with E-state index in [1.165, 1.54) is 6.20 Å². The molecule has 1 aromatic heterocycles. The fourth-order valence-corrected chi connectivity index (χ4v) is 2.50. The maximum absolute atomic E-state index is 12.1. The number of anilines is 1. The molecule has 1 saturated heterocycles. The molecule has 0 unspecified atom stereocenters. The Bertz CT molecular complexity index is 572. The zero-order chi connectivity index (χ0) is 17.7. The minimum Gasteiger partial charge on any atom is -0.444 e. The number of aromatic nitrogens is 1. The van der Waals surface area contributed by atoms with Crippen LogP contribution in [0.15, 0.2) is 18.3 Å². The predicted molar refractivity (Wildman–Crippen MR) is 91.8 cm³/mol. The van der Waals surface area contributed by atoms with Crippen LogP contribution in [-0.4, -0.2) is 53.0 Å². The summed E-state index contributed by atoms with van der Waals surface area (Å²) in [7, 11) is 0. The number of carbonyl (C=O) groups excluding carboxylic acids is 2. The number of hydrogen-bond acceptors (Lipinski definition) is 6. The summed E-state index contributed by atoms with van der Waals surface area (Å²) in [4.78, 5) is 29.8. The van der Waals surface area contributed by atoms with Gasteiger partial charge in [-0.3, -0.25) is 4.79 Å². The van der Waals surface area contributed by atoms with Gasteiger partial charge in [0, 0.05) is 30.9 Å². The Morgan fingerprint density at radius 2 is 2.00 bits per heavy atom. The van der Waals surface area contributed by atoms with Gasteiger partial charge in [0.15, 0.2) is 5.78 Å². The maximum Gasteiger partial charge on any atom is 0.410 e. The lowest BCUT2D eigenvalue weighted by molar-refractivity contribution is 0.0198. The second kappa shape index (κ2) is 7.61. The third-order valence-electron chi connectivity index (χ3n) is 3.81. The number of ketones is 1. The standard InChI is InChI=1S/C17H26N4O3/c1-17(2,3)24-16(23)21-8-6-13(7-9-21)19-11-14(22)12-4-5-15(18)20-10-12/h4-5,10,13,19H,6-9,11H2,1-3H3,(H2,18,20). The summed E-state index contributed by atoms with van der Waals surface area (Å²) < 4.78 is 5.37. The Morgan fingerprint density at radius 1 is 1.33 bits per heavy atom. The van der Waals surface area contributed by atoms with Crippen LogP contribution in [-0.2, 0) is 4.74 Å². The molecule has 7 nitrogen and oxygen atoms in total. The van der Waals surface area contributed by atoms with E-state index in [0.29, 0.717) is 24.5 Å². The quantitative estimate of drug-likeness (QED) is 0.815. The molecule has 132 valence electrons. The number of carbonyl (C=O) groups is 2. The van der Waals surface area contributed by atoms with Crippen LogP contribution in [0.5, 0.6) is 0 Å². The molecule has 0 spiro atoms. The molecule has 24 heavy (non-hydrogen) atoms. The average Bonchev–Trinajstić information content (AvgIpc) is 2.52. The van der Waals surface area contributed by atoms with E-state index in [1.807, 2.05) is 20.8 Å². The molecule has 1 aromatic rings. The zero-order valence-electron chi connectivity index (χ0n) is 14.5. The van der Waals surface area contributed by atoms with Crippen molar-refractivity contribution in [3.63, 3.8) is 0 Å². The second-order valence-electron chi connectivity index (χ2n) is 7.02. The fraction of sp³-hybridized carbons (Fsp3) is 0.588. The van der Waals surface area contributed by atoms with Crippen molar-refractivity contribution in [2.24, 2.45) is 0 Å². The summed E-state index contributed by atoms with van der Waals surface area (Å²) in [5.74, 6) is 0.381. The van der Waals surface area contributed by atoms with Gasteiger partial charge in [-0.25, -0.2) is 9.78 Å². The van der Waals surface area contributed by atoms with Gasteiger partial charge in [0.25, 0.3) is 0 Å². The highest BCUT2D eigenvalue weighted by Gasteiger charge is 2.26. The summed E-state index contributed by atoms with van der Waals surface area (Å²) in [5, 5.41) is 3.25. The number of pyridine rings is 1. The minimum absolute atomic E-state index is 0.0166. The number of amides is 1. The molecule has 0 atom stereocenters. The number of nitrogen functional groups attached to an aromatic ring is 1. The molecule has 3 N–H and O–H groups in total. The number of piperidine rings is 1. The molecular formula is C17H26N4O3. The highest BCUT2D eigenvalue weighted by atomic mass is 16.6. The Kier molecular flexibility index (Phi) is 5.77. The van der Waals surface area contributed by atoms with Gasteiger partial charge in [-0.15, -0.1) is 0 Å². The molecule has 2 rings (SSSR count). The van der Waals surface area contributed by atoms with Gasteiger partial charge in [0.2, 0.25) is 0 Å². The SMILES string of the molecule is CC(C)(C)OC(=O)N1CCC(NCC(=O)c2ccc(N)nc2)CC1. The van der Waals surface area contributed by atoms with Gasteiger partial charge in [0.1, 0.15) is 11.4 Å². The third-order valence-corrected chi connectivity index (χ3v) is 3.81. The van der Waals surface area contributed by atoms with Crippen LogP contribution in [0.3, 0.4) is 0 Å². The van der Waals surface area contributed by atoms with Crippen molar-refractivity contribution in [1.29, 1.82) is 0 Å². The van der Waals surface area contributed by atoms with Crippen molar-refractivity contribution in [2.45, 2.75) is 45.3 Å². The normalized spacial score (nSPS) is 16.0. The molecule has 2 heterocycles. The molecule has 0 saturated carbocycles. The third kappa shape index (κ3) is 5.49. The van der Waals surface area contributed by atoms with E-state index in [2.05, 4.69) is 10.3 Å². The molecule has 1 aliphatic rings. The van der Waals surface area contributed by atoms with E-state index >= 15 is 0 Å². The first kappa shape index (κ1) is 18.2. The van der Waals surface area contributed by atoms with E-state index < -0.39 is 5.60 Å². The molecule has 0 bridgehead atoms. The van der Waals surface area contributed by atoms with Gasteiger partial charge < -0.3 is 20.7 Å². The van der Waals surface area contributed by atoms with Gasteiger partial charge >= 0.3 is 6.09 Å². The number of hydrogen-bond donors (Lipinski definition) is 2. The van der Waals surface area contributed by atoms with E-state index in [0.717, 1.165) is 12.8 Å². The highest BCUT2D eigenvalue weighted by Crippen LogP contribution is 2.15. The Balaban J connectivity index is 1.74. The van der Waals surface area contributed by atoms with E-state index in [1.54, 1.807) is 17.0 Å². The van der Waals surface area contributed by atoms with Crippen LogP contribution in [0.1, 0.15) is 44.0 Å². The number of likely N-dealkylation sites (tertiary alicyclic amines) is 1. The van der Waals surface area contributed by atoms with Crippen molar-refractivity contribution in [3.05, 3.63) is 23.9 Å². The molecule has 1 aliphatic heterocycles. The van der Waals surface area contributed by atoms with Crippen LogP contribution in [0.2, 0.25) is 0 Å². The zero-order valence-corrected chi connectivity index (χ0v) is 14.5. The fourth-order valence-electron chi connectivity index (χ4n) is 2.50. The van der Waals surface area contributed by atoms with Crippen molar-refractivity contribution in [1.82, 2.24) is 15.2 Å². The molecule has 7 heteroatoms. The summed E-state index contributed by atoms with van der Waals surface area (Å²) in [5.41, 5.74) is 5.58. The lowest BCUT2D eigenvalue weighted by atomic mass is 10.0. The largest absolute Gasteiger partial charge is 0.444 e.